The molecule has 0 bridgehead atoms. The molecular formula is C21H28F3N5O3. The minimum atomic E-state index is -4.80. The van der Waals surface area contributed by atoms with Gasteiger partial charge in [-0.25, -0.2) is 14.8 Å². The van der Waals surface area contributed by atoms with Crippen LogP contribution in [0.3, 0.4) is 0 Å². The van der Waals surface area contributed by atoms with Crippen molar-refractivity contribution >= 4 is 22.8 Å². The van der Waals surface area contributed by atoms with Crippen molar-refractivity contribution in [1.82, 2.24) is 19.8 Å². The fourth-order valence-corrected chi connectivity index (χ4v) is 3.49. The quantitative estimate of drug-likeness (QED) is 0.733. The van der Waals surface area contributed by atoms with Gasteiger partial charge in [-0.2, -0.15) is 0 Å². The molecule has 1 aromatic carbocycles. The van der Waals surface area contributed by atoms with Crippen LogP contribution in [0.15, 0.2) is 24.5 Å². The molecule has 0 aliphatic carbocycles. The Morgan fingerprint density at radius 3 is 2.47 bits per heavy atom. The molecule has 2 aromatic rings. The lowest BCUT2D eigenvalue weighted by Gasteiger charge is -2.36. The molecule has 0 saturated carbocycles. The summed E-state index contributed by atoms with van der Waals surface area (Å²) in [4.78, 5) is 24.3. The number of hydrogen-bond donors (Lipinski definition) is 1. The molecule has 11 heteroatoms. The van der Waals surface area contributed by atoms with Crippen LogP contribution in [0, 0.1) is 0 Å². The highest BCUT2D eigenvalue weighted by Crippen LogP contribution is 2.31. The van der Waals surface area contributed by atoms with E-state index in [2.05, 4.69) is 24.9 Å². The van der Waals surface area contributed by atoms with Crippen molar-refractivity contribution in [1.29, 1.82) is 0 Å². The summed E-state index contributed by atoms with van der Waals surface area (Å²) in [5, 5.41) is 3.69. The summed E-state index contributed by atoms with van der Waals surface area (Å²) >= 11 is 0. The summed E-state index contributed by atoms with van der Waals surface area (Å²) < 4.78 is 47.5. The van der Waals surface area contributed by atoms with Gasteiger partial charge in [-0.05, 0) is 39.8 Å². The van der Waals surface area contributed by atoms with Gasteiger partial charge in [0.2, 0.25) is 0 Å². The molecule has 0 spiro atoms. The number of para-hydroxylation sites is 1. The Hall–Kier alpha value is -2.82. The molecule has 1 aliphatic rings. The van der Waals surface area contributed by atoms with Crippen LogP contribution in [0.5, 0.6) is 5.75 Å². The maximum atomic E-state index is 12.7. The van der Waals surface area contributed by atoms with E-state index in [0.29, 0.717) is 43.9 Å². The second-order valence-corrected chi connectivity index (χ2v) is 8.74. The first-order valence-corrected chi connectivity index (χ1v) is 10.4. The Labute approximate surface area is 184 Å². The standard InChI is InChI=1S/C21H28F3N5O3/c1-14(12-28-8-10-29(11-9-28)19(30)32-20(2,3)4)27-18-15-6-5-7-16(31-21(22,23)24)17(15)25-13-26-18/h5-7,13-14H,8-12H2,1-4H3,(H,25,26,27)/t14-/m0/s1. The Morgan fingerprint density at radius 2 is 1.84 bits per heavy atom. The number of halogens is 3. The summed E-state index contributed by atoms with van der Waals surface area (Å²) in [6.45, 7) is 10.7. The van der Waals surface area contributed by atoms with Gasteiger partial charge in [0.15, 0.2) is 5.75 Å². The maximum absolute atomic E-state index is 12.7. The highest BCUT2D eigenvalue weighted by Gasteiger charge is 2.32. The predicted molar refractivity (Wildman–Crippen MR) is 114 cm³/mol. The maximum Gasteiger partial charge on any atom is 0.573 e. The van der Waals surface area contributed by atoms with Crippen molar-refractivity contribution in [3.63, 3.8) is 0 Å². The molecule has 1 amide bonds. The van der Waals surface area contributed by atoms with Crippen LogP contribution in [0.25, 0.3) is 10.9 Å². The molecule has 176 valence electrons. The van der Waals surface area contributed by atoms with Gasteiger partial charge in [0.1, 0.15) is 23.3 Å². The zero-order valence-corrected chi connectivity index (χ0v) is 18.6. The van der Waals surface area contributed by atoms with Gasteiger partial charge in [0.05, 0.1) is 0 Å². The summed E-state index contributed by atoms with van der Waals surface area (Å²) in [6.07, 6.45) is -3.91. The van der Waals surface area contributed by atoms with E-state index in [-0.39, 0.29) is 23.4 Å². The number of aromatic nitrogens is 2. The van der Waals surface area contributed by atoms with Gasteiger partial charge in [-0.15, -0.1) is 13.2 Å². The number of nitrogens with zero attached hydrogens (tertiary/aromatic N) is 4. The molecular weight excluding hydrogens is 427 g/mol. The lowest BCUT2D eigenvalue weighted by molar-refractivity contribution is -0.274. The third-order valence-corrected chi connectivity index (χ3v) is 4.79. The number of anilines is 1. The Morgan fingerprint density at radius 1 is 1.16 bits per heavy atom. The number of alkyl halides is 3. The van der Waals surface area contributed by atoms with E-state index < -0.39 is 12.0 Å². The van der Waals surface area contributed by atoms with Crippen LogP contribution >= 0.6 is 0 Å². The number of nitrogens with one attached hydrogen (secondary N) is 1. The average Bonchev–Trinajstić information content (AvgIpc) is 2.67. The van der Waals surface area contributed by atoms with E-state index in [1.54, 1.807) is 11.0 Å². The Balaban J connectivity index is 1.59. The summed E-state index contributed by atoms with van der Waals surface area (Å²) in [7, 11) is 0. The first-order valence-electron chi connectivity index (χ1n) is 10.4. The molecule has 1 N–H and O–H groups in total. The van der Waals surface area contributed by atoms with Crippen LogP contribution in [0.2, 0.25) is 0 Å². The van der Waals surface area contributed by atoms with Crippen LogP contribution in [-0.4, -0.2) is 76.6 Å². The molecule has 1 aromatic heterocycles. The number of carbonyl (C=O) groups is 1. The zero-order valence-electron chi connectivity index (χ0n) is 18.6. The lowest BCUT2D eigenvalue weighted by atomic mass is 10.2. The number of benzene rings is 1. The molecule has 1 saturated heterocycles. The molecule has 8 nitrogen and oxygen atoms in total. The topological polar surface area (TPSA) is 79.8 Å². The third-order valence-electron chi connectivity index (χ3n) is 4.79. The van der Waals surface area contributed by atoms with Gasteiger partial charge in [0, 0.05) is 44.2 Å². The second kappa shape index (κ2) is 9.35. The highest BCUT2D eigenvalue weighted by molar-refractivity contribution is 5.92. The zero-order chi connectivity index (χ0) is 23.5. The second-order valence-electron chi connectivity index (χ2n) is 8.74. The highest BCUT2D eigenvalue weighted by atomic mass is 19.4. The number of ether oxygens (including phenoxy) is 2. The Bertz CT molecular complexity index is 940. The van der Waals surface area contributed by atoms with Crippen LogP contribution < -0.4 is 10.1 Å². The SMILES string of the molecule is C[C@@H](CN1CCN(C(=O)OC(C)(C)C)CC1)Nc1ncnc2c(OC(F)(F)F)cccc12. The smallest absolute Gasteiger partial charge is 0.444 e. The van der Waals surface area contributed by atoms with E-state index in [1.807, 2.05) is 27.7 Å². The lowest BCUT2D eigenvalue weighted by Crippen LogP contribution is -2.51. The normalized spacial score (nSPS) is 16.7. The van der Waals surface area contributed by atoms with E-state index in [9.17, 15) is 18.0 Å². The van der Waals surface area contributed by atoms with Crippen LogP contribution in [-0.2, 0) is 4.74 Å². The fourth-order valence-electron chi connectivity index (χ4n) is 3.49. The predicted octanol–water partition coefficient (Wildman–Crippen LogP) is 3.88. The van der Waals surface area contributed by atoms with Crippen LogP contribution in [0.4, 0.5) is 23.8 Å². The van der Waals surface area contributed by atoms with E-state index in [1.165, 1.54) is 18.5 Å². The number of hydrogen-bond acceptors (Lipinski definition) is 7. The van der Waals surface area contributed by atoms with Crippen molar-refractivity contribution in [3.8, 4) is 5.75 Å². The molecule has 1 atom stereocenters. The minimum Gasteiger partial charge on any atom is -0.444 e. The minimum absolute atomic E-state index is 0.0478. The summed E-state index contributed by atoms with van der Waals surface area (Å²) in [6, 6.07) is 4.29. The van der Waals surface area contributed by atoms with Gasteiger partial charge in [0.25, 0.3) is 0 Å². The monoisotopic (exact) mass is 455 g/mol. The number of fused-ring (bicyclic) bond motifs is 1. The molecule has 2 heterocycles. The number of piperazine rings is 1. The van der Waals surface area contributed by atoms with Crippen molar-refractivity contribution in [3.05, 3.63) is 24.5 Å². The van der Waals surface area contributed by atoms with Crippen molar-refractivity contribution < 1.29 is 27.4 Å². The van der Waals surface area contributed by atoms with E-state index >= 15 is 0 Å². The van der Waals surface area contributed by atoms with Crippen molar-refractivity contribution in [2.75, 3.05) is 38.0 Å². The largest absolute Gasteiger partial charge is 0.573 e. The molecule has 1 aliphatic heterocycles. The average molecular weight is 455 g/mol. The van der Waals surface area contributed by atoms with Crippen molar-refractivity contribution in [2.45, 2.75) is 45.7 Å². The first-order chi connectivity index (χ1) is 14.9. The first kappa shape index (κ1) is 23.8. The summed E-state index contributed by atoms with van der Waals surface area (Å²) in [5.41, 5.74) is -0.446. The number of carbonyl (C=O) groups excluding carboxylic acids is 1. The van der Waals surface area contributed by atoms with E-state index in [0.717, 1.165) is 0 Å². The number of rotatable bonds is 5. The number of amides is 1. The van der Waals surface area contributed by atoms with Gasteiger partial charge in [-0.1, -0.05) is 6.07 Å². The Kier molecular flexibility index (Phi) is 6.97. The summed E-state index contributed by atoms with van der Waals surface area (Å²) in [5.74, 6) is 0.0638. The molecule has 1 fully saturated rings. The fraction of sp³-hybridized carbons (Fsp3) is 0.571. The van der Waals surface area contributed by atoms with E-state index in [4.69, 9.17) is 4.74 Å². The van der Waals surface area contributed by atoms with Gasteiger partial charge in [-0.3, -0.25) is 4.90 Å². The third kappa shape index (κ3) is 6.59. The molecule has 32 heavy (non-hydrogen) atoms. The molecule has 0 radical (unpaired) electrons. The van der Waals surface area contributed by atoms with Gasteiger partial charge >= 0.3 is 12.5 Å². The van der Waals surface area contributed by atoms with Crippen molar-refractivity contribution in [2.24, 2.45) is 0 Å². The molecule has 3 rings (SSSR count). The molecule has 0 unspecified atom stereocenters. The van der Waals surface area contributed by atoms with Gasteiger partial charge < -0.3 is 19.7 Å². The van der Waals surface area contributed by atoms with Crippen LogP contribution in [0.1, 0.15) is 27.7 Å².